The smallest absolute Gasteiger partial charge is 0.503 e. The molecule has 10 heteroatoms. The molecule has 0 spiro atoms. The van der Waals surface area contributed by atoms with Crippen LogP contribution in [0.4, 0.5) is 4.79 Å². The van der Waals surface area contributed by atoms with Crippen LogP contribution in [0.5, 0.6) is 11.5 Å². The molecule has 2 atom stereocenters. The molecule has 55 heavy (non-hydrogen) atoms. The Morgan fingerprint density at radius 3 is 1.71 bits per heavy atom. The summed E-state index contributed by atoms with van der Waals surface area (Å²) in [4.78, 5) is 21.6. The molecule has 1 saturated carbocycles. The number of unbranched alkanes of at least 4 members (excludes halogenated alkanes) is 1. The van der Waals surface area contributed by atoms with Crippen LogP contribution in [0.2, 0.25) is 0 Å². The fraction of sp³-hybridized carbons (Fsp3) is 0.644. The topological polar surface area (TPSA) is 129 Å². The molecule has 0 saturated heterocycles. The maximum absolute atomic E-state index is 11.3. The second-order valence-electron chi connectivity index (χ2n) is 17.1. The Kier molecular flexibility index (Phi) is 18.2. The molecule has 0 amide bonds. The summed E-state index contributed by atoms with van der Waals surface area (Å²) >= 11 is 0. The van der Waals surface area contributed by atoms with Crippen molar-refractivity contribution in [2.45, 2.75) is 155 Å². The third-order valence-electron chi connectivity index (χ3n) is 11.6. The minimum absolute atomic E-state index is 0. The first-order valence-electron chi connectivity index (χ1n) is 20.7. The molecule has 1 aliphatic carbocycles. The van der Waals surface area contributed by atoms with Gasteiger partial charge in [-0.15, -0.1) is 0 Å². The van der Waals surface area contributed by atoms with Crippen molar-refractivity contribution in [3.63, 3.8) is 0 Å². The van der Waals surface area contributed by atoms with E-state index in [4.69, 9.17) is 25.0 Å². The third kappa shape index (κ3) is 13.1. The van der Waals surface area contributed by atoms with Crippen molar-refractivity contribution in [2.75, 3.05) is 26.2 Å². The Balaban J connectivity index is 0.00000155. The molecule has 1 fully saturated rings. The first-order chi connectivity index (χ1) is 25.7. The fourth-order valence-electron chi connectivity index (χ4n) is 8.36. The number of hydrogen-bond donors (Lipinski definition) is 4. The molecular weight excluding hydrogens is 735 g/mol. The number of rotatable bonds is 13. The first-order valence-corrected chi connectivity index (χ1v) is 20.7. The summed E-state index contributed by atoms with van der Waals surface area (Å²) in [5, 5.41) is 36.5. The van der Waals surface area contributed by atoms with Gasteiger partial charge in [0.2, 0.25) is 5.84 Å². The van der Waals surface area contributed by atoms with E-state index in [0.29, 0.717) is 29.3 Å². The van der Waals surface area contributed by atoms with Crippen molar-refractivity contribution < 1.29 is 46.6 Å². The number of amidine groups is 1. The van der Waals surface area contributed by atoms with Crippen LogP contribution < -0.4 is 0 Å². The van der Waals surface area contributed by atoms with Crippen LogP contribution in [0, 0.1) is 5.92 Å². The van der Waals surface area contributed by atoms with Gasteiger partial charge in [0.25, 0.3) is 0 Å². The molecule has 2 unspecified atom stereocenters. The van der Waals surface area contributed by atoms with E-state index in [-0.39, 0.29) is 40.7 Å². The van der Waals surface area contributed by atoms with Gasteiger partial charge >= 0.3 is 6.16 Å². The predicted molar refractivity (Wildman–Crippen MR) is 222 cm³/mol. The van der Waals surface area contributed by atoms with E-state index in [2.05, 4.69) is 89.1 Å². The number of hydrogen-bond acceptors (Lipinski definition) is 6. The van der Waals surface area contributed by atoms with Gasteiger partial charge in [-0.05, 0) is 109 Å². The average Bonchev–Trinajstić information content (AvgIpc) is 3.32. The fourth-order valence-corrected chi connectivity index (χ4v) is 8.36. The van der Waals surface area contributed by atoms with Crippen LogP contribution >= 0.6 is 0 Å². The molecule has 0 bridgehead atoms. The van der Waals surface area contributed by atoms with Crippen LogP contribution in [0.3, 0.4) is 0 Å². The van der Waals surface area contributed by atoms with Gasteiger partial charge in [0.1, 0.15) is 11.5 Å². The van der Waals surface area contributed by atoms with Gasteiger partial charge < -0.3 is 20.4 Å². The summed E-state index contributed by atoms with van der Waals surface area (Å²) in [5.41, 5.74) is 6.04. The molecule has 5 rings (SSSR count). The standard InChI is InChI=1S/C44H66N4O2.CH2O3.Co/c1-29(2)34-23-36(43(49)38(25-34)31(5)6)27-45-40-21-33(15-11-13-18-48-20-14-19-47-17-12-9-10-16-42(47)48)22-41(40)46-28-37-24-35(30(3)4)26-39(32(7)8)44(37)50;2-1(3)4;/h23-33,40-41H,9-22H2,1-8H3,(H-,45,46,49,50);(H2,2,3,4);/p+1. The molecule has 3 aliphatic rings. The Hall–Kier alpha value is -3.37. The van der Waals surface area contributed by atoms with E-state index in [1.807, 2.05) is 12.4 Å². The van der Waals surface area contributed by atoms with E-state index in [1.54, 1.807) is 5.84 Å². The van der Waals surface area contributed by atoms with Crippen molar-refractivity contribution in [3.05, 3.63) is 57.6 Å². The number of phenolic OH excluding ortho intramolecular Hbond substituents is 2. The van der Waals surface area contributed by atoms with Crippen LogP contribution in [-0.2, 0) is 16.8 Å². The van der Waals surface area contributed by atoms with E-state index in [1.165, 1.54) is 88.7 Å². The summed E-state index contributed by atoms with van der Waals surface area (Å²) in [6.07, 6.45) is 14.3. The zero-order valence-corrected chi connectivity index (χ0v) is 35.8. The van der Waals surface area contributed by atoms with Gasteiger partial charge in [-0.3, -0.25) is 19.5 Å². The van der Waals surface area contributed by atoms with Crippen molar-refractivity contribution >= 4 is 24.4 Å². The second kappa shape index (κ2) is 21.8. The number of aliphatic imine (C=N–C) groups is 2. The summed E-state index contributed by atoms with van der Waals surface area (Å²) in [6.45, 7) is 22.2. The molecule has 9 nitrogen and oxygen atoms in total. The molecule has 2 aliphatic heterocycles. The van der Waals surface area contributed by atoms with Gasteiger partial charge in [-0.25, -0.2) is 4.79 Å². The Morgan fingerprint density at radius 1 is 0.745 bits per heavy atom. The summed E-state index contributed by atoms with van der Waals surface area (Å²) in [7, 11) is 0. The summed E-state index contributed by atoms with van der Waals surface area (Å²) in [6, 6.07) is 8.60. The zero-order chi connectivity index (χ0) is 39.5. The van der Waals surface area contributed by atoms with Crippen molar-refractivity contribution in [1.82, 2.24) is 4.90 Å². The second-order valence-corrected chi connectivity index (χ2v) is 17.1. The molecule has 2 aromatic rings. The zero-order valence-electron chi connectivity index (χ0n) is 34.7. The van der Waals surface area contributed by atoms with Gasteiger partial charge in [0, 0.05) is 53.2 Å². The number of carbonyl (C=O) groups is 1. The molecule has 1 radical (unpaired) electrons. The Bertz CT molecular complexity index is 1560. The van der Waals surface area contributed by atoms with Gasteiger partial charge in [0.15, 0.2) is 0 Å². The molecule has 2 heterocycles. The summed E-state index contributed by atoms with van der Waals surface area (Å²) in [5.74, 6) is 4.07. The maximum Gasteiger partial charge on any atom is 0.503 e. The number of carboxylic acid groups (broad SMARTS) is 2. The first kappa shape index (κ1) is 46.0. The molecule has 307 valence electrons. The van der Waals surface area contributed by atoms with Crippen molar-refractivity contribution in [1.29, 1.82) is 0 Å². The van der Waals surface area contributed by atoms with E-state index >= 15 is 0 Å². The van der Waals surface area contributed by atoms with E-state index in [0.717, 1.165) is 35.1 Å². The summed E-state index contributed by atoms with van der Waals surface area (Å²) < 4.78 is 2.68. The number of phenols is 2. The molecular formula is C45H69CoN4O5+. The average molecular weight is 805 g/mol. The maximum atomic E-state index is 11.3. The quantitative estimate of drug-likeness (QED) is 0.0907. The number of nitrogens with zero attached hydrogens (tertiary/aromatic N) is 4. The number of aromatic hydroxyl groups is 2. The normalized spacial score (nSPS) is 20.4. The molecule has 0 aromatic heterocycles. The van der Waals surface area contributed by atoms with E-state index in [9.17, 15) is 10.2 Å². The monoisotopic (exact) mass is 804 g/mol. The van der Waals surface area contributed by atoms with Gasteiger partial charge in [-0.1, -0.05) is 73.9 Å². The largest absolute Gasteiger partial charge is 0.507 e. The van der Waals surface area contributed by atoms with Crippen molar-refractivity contribution in [3.8, 4) is 11.5 Å². The SMILES string of the molecule is CC(C)c1cc(C=NC2CC(CCCCN3CCC[N+]4=C3CCCCC4)CC2N=Cc2cc(C(C)C)cc(C(C)C)c2O)c(O)c(C(C)C)c1.O=C(O)O.[Co]. The number of benzene rings is 2. The molecule has 2 aromatic carbocycles. The van der Waals surface area contributed by atoms with Crippen LogP contribution in [-0.4, -0.2) is 92.6 Å². The molecule has 4 N–H and O–H groups in total. The Morgan fingerprint density at radius 2 is 1.24 bits per heavy atom. The van der Waals surface area contributed by atoms with Crippen LogP contribution in [0.1, 0.15) is 177 Å². The minimum Gasteiger partial charge on any atom is -0.507 e. The minimum atomic E-state index is -1.83. The van der Waals surface area contributed by atoms with Crippen LogP contribution in [0.25, 0.3) is 0 Å². The van der Waals surface area contributed by atoms with Gasteiger partial charge in [0.05, 0.1) is 38.3 Å². The van der Waals surface area contributed by atoms with Crippen LogP contribution in [0.15, 0.2) is 34.3 Å². The van der Waals surface area contributed by atoms with Crippen molar-refractivity contribution in [2.24, 2.45) is 15.9 Å². The van der Waals surface area contributed by atoms with Gasteiger partial charge in [-0.2, -0.15) is 0 Å². The Labute approximate surface area is 341 Å². The predicted octanol–water partition coefficient (Wildman–Crippen LogP) is 10.4. The van der Waals surface area contributed by atoms with E-state index < -0.39 is 6.16 Å². The third-order valence-corrected chi connectivity index (χ3v) is 11.6.